The highest BCUT2D eigenvalue weighted by molar-refractivity contribution is 5.87. The molecule has 0 spiro atoms. The van der Waals surface area contributed by atoms with E-state index >= 15 is 0 Å². The van der Waals surface area contributed by atoms with Crippen molar-refractivity contribution in [2.75, 3.05) is 13.1 Å². The zero-order valence-electron chi connectivity index (χ0n) is 14.4. The van der Waals surface area contributed by atoms with Crippen LogP contribution in [-0.2, 0) is 11.2 Å². The Kier molecular flexibility index (Phi) is 3.42. The van der Waals surface area contributed by atoms with E-state index in [9.17, 15) is 9.59 Å². The fraction of sp³-hybridized carbons (Fsp3) is 0.450. The highest BCUT2D eigenvalue weighted by Crippen LogP contribution is 2.62. The smallest absolute Gasteiger partial charge is 0.338 e. The van der Waals surface area contributed by atoms with Gasteiger partial charge in [-0.3, -0.25) is 9.48 Å². The molecule has 0 radical (unpaired) electrons. The van der Waals surface area contributed by atoms with Gasteiger partial charge < -0.3 is 10.0 Å². The minimum Gasteiger partial charge on any atom is -0.478 e. The topological polar surface area (TPSA) is 75.4 Å². The minimum absolute atomic E-state index is 0.171. The molecule has 1 aliphatic heterocycles. The predicted molar refractivity (Wildman–Crippen MR) is 93.9 cm³/mol. The van der Waals surface area contributed by atoms with Gasteiger partial charge in [-0.1, -0.05) is 24.3 Å². The van der Waals surface area contributed by atoms with E-state index in [-0.39, 0.29) is 17.5 Å². The highest BCUT2D eigenvalue weighted by Gasteiger charge is 2.60. The lowest BCUT2D eigenvalue weighted by Crippen LogP contribution is -2.40. The molecule has 0 bridgehead atoms. The van der Waals surface area contributed by atoms with Crippen LogP contribution in [-0.4, -0.2) is 44.8 Å². The van der Waals surface area contributed by atoms with E-state index in [0.717, 1.165) is 32.4 Å². The van der Waals surface area contributed by atoms with E-state index in [0.29, 0.717) is 17.7 Å². The van der Waals surface area contributed by atoms with Gasteiger partial charge in [0.05, 0.1) is 17.8 Å². The van der Waals surface area contributed by atoms with Crippen molar-refractivity contribution < 1.29 is 14.7 Å². The average molecular weight is 351 g/mol. The van der Waals surface area contributed by atoms with Crippen molar-refractivity contribution in [2.24, 2.45) is 11.8 Å². The van der Waals surface area contributed by atoms with Crippen molar-refractivity contribution in [2.45, 2.75) is 31.2 Å². The fourth-order valence-corrected chi connectivity index (χ4v) is 4.90. The minimum atomic E-state index is -0.954. The lowest BCUT2D eigenvalue weighted by atomic mass is 10.00. The van der Waals surface area contributed by atoms with Gasteiger partial charge in [0.25, 0.3) is 0 Å². The number of rotatable bonds is 3. The van der Waals surface area contributed by atoms with Crippen molar-refractivity contribution in [3.63, 3.8) is 0 Å². The van der Waals surface area contributed by atoms with E-state index in [2.05, 4.69) is 29.4 Å². The summed E-state index contributed by atoms with van der Waals surface area (Å²) < 4.78 is 1.74. The van der Waals surface area contributed by atoms with Crippen LogP contribution in [0.3, 0.4) is 0 Å². The lowest BCUT2D eigenvalue weighted by Gasteiger charge is -2.32. The highest BCUT2D eigenvalue weighted by atomic mass is 16.4. The van der Waals surface area contributed by atoms with Gasteiger partial charge in [-0.05, 0) is 42.2 Å². The zero-order chi connectivity index (χ0) is 17.8. The number of aromatic nitrogens is 2. The van der Waals surface area contributed by atoms with E-state index in [1.807, 2.05) is 4.90 Å². The third kappa shape index (κ3) is 2.35. The summed E-state index contributed by atoms with van der Waals surface area (Å²) in [6.45, 7) is 1.45. The van der Waals surface area contributed by atoms with Crippen molar-refractivity contribution in [1.29, 1.82) is 0 Å². The molecule has 2 heterocycles. The summed E-state index contributed by atoms with van der Waals surface area (Å²) in [4.78, 5) is 25.9. The second-order valence-electron chi connectivity index (χ2n) is 7.69. The number of likely N-dealkylation sites (tertiary alicyclic amines) is 1. The number of aromatic carboxylic acids is 1. The van der Waals surface area contributed by atoms with Gasteiger partial charge in [-0.2, -0.15) is 5.10 Å². The third-order valence-corrected chi connectivity index (χ3v) is 6.32. The Bertz CT molecular complexity index is 882. The fourth-order valence-electron chi connectivity index (χ4n) is 4.90. The van der Waals surface area contributed by atoms with Gasteiger partial charge in [0.15, 0.2) is 0 Å². The number of carboxylic acid groups (broad SMARTS) is 1. The first-order valence-electron chi connectivity index (χ1n) is 9.27. The monoisotopic (exact) mass is 351 g/mol. The van der Waals surface area contributed by atoms with Gasteiger partial charge in [-0.15, -0.1) is 0 Å². The molecule has 1 aromatic carbocycles. The number of carboxylic acids is 1. The Morgan fingerprint density at radius 3 is 2.65 bits per heavy atom. The van der Waals surface area contributed by atoms with Gasteiger partial charge in [-0.25, -0.2) is 4.79 Å². The van der Waals surface area contributed by atoms with Crippen LogP contribution in [0.2, 0.25) is 0 Å². The normalized spacial score (nSPS) is 27.1. The zero-order valence-corrected chi connectivity index (χ0v) is 14.4. The second-order valence-corrected chi connectivity index (χ2v) is 7.69. The molecule has 2 fully saturated rings. The van der Waals surface area contributed by atoms with E-state index in [1.54, 1.807) is 10.9 Å². The molecule has 134 valence electrons. The van der Waals surface area contributed by atoms with E-state index < -0.39 is 5.97 Å². The molecule has 3 atom stereocenters. The van der Waals surface area contributed by atoms with Crippen LogP contribution in [0.4, 0.5) is 0 Å². The molecule has 1 saturated heterocycles. The summed E-state index contributed by atoms with van der Waals surface area (Å²) in [5.74, 6) is 0.455. The summed E-state index contributed by atoms with van der Waals surface area (Å²) in [5, 5.41) is 13.2. The maximum Gasteiger partial charge on any atom is 0.338 e. The molecule has 6 nitrogen and oxygen atoms in total. The van der Waals surface area contributed by atoms with Crippen LogP contribution in [0.1, 0.15) is 46.3 Å². The van der Waals surface area contributed by atoms with Crippen LogP contribution in [0.25, 0.3) is 0 Å². The Balaban J connectivity index is 1.21. The molecule has 1 amide bonds. The molecule has 26 heavy (non-hydrogen) atoms. The first-order valence-corrected chi connectivity index (χ1v) is 9.27. The number of fused-ring (bicyclic) bond motifs is 3. The number of piperidine rings is 1. The Hall–Kier alpha value is -2.63. The number of hydrogen-bond donors (Lipinski definition) is 1. The third-order valence-electron chi connectivity index (χ3n) is 6.32. The summed E-state index contributed by atoms with van der Waals surface area (Å²) in [7, 11) is 0. The van der Waals surface area contributed by atoms with Gasteiger partial charge in [0.2, 0.25) is 5.91 Å². The van der Waals surface area contributed by atoms with Crippen molar-refractivity contribution in [3.05, 3.63) is 53.3 Å². The molecule has 2 aromatic rings. The molecule has 2 aliphatic carbocycles. The van der Waals surface area contributed by atoms with Gasteiger partial charge in [0, 0.05) is 25.2 Å². The number of benzene rings is 1. The second kappa shape index (κ2) is 5.69. The van der Waals surface area contributed by atoms with Gasteiger partial charge in [0.1, 0.15) is 0 Å². The molecule has 3 unspecified atom stereocenters. The van der Waals surface area contributed by atoms with Crippen molar-refractivity contribution in [3.8, 4) is 0 Å². The number of nitrogens with zero attached hydrogens (tertiary/aromatic N) is 3. The summed E-state index contributed by atoms with van der Waals surface area (Å²) >= 11 is 0. The van der Waals surface area contributed by atoms with E-state index in [1.165, 1.54) is 17.3 Å². The summed E-state index contributed by atoms with van der Waals surface area (Å²) in [5.41, 5.74) is 3.01. The maximum absolute atomic E-state index is 12.9. The SMILES string of the molecule is O=C(O)c1cnn(C2CCN(C(=O)C3C4Cc5ccccc5C43)CC2)c1. The number of hydrogen-bond acceptors (Lipinski definition) is 3. The molecular formula is C20H21N3O3. The van der Waals surface area contributed by atoms with Crippen molar-refractivity contribution in [1.82, 2.24) is 14.7 Å². The molecular weight excluding hydrogens is 330 g/mol. The molecule has 5 rings (SSSR count). The van der Waals surface area contributed by atoms with Crippen LogP contribution in [0, 0.1) is 11.8 Å². The standard InChI is InChI=1S/C20H21N3O3/c24-19(18-16-9-12-3-1-2-4-15(12)17(16)18)22-7-5-14(6-8-22)23-11-13(10-21-23)20(25)26/h1-4,10-11,14,16-18H,5-9H2,(H,25,26). The average Bonchev–Trinajstić information content (AvgIpc) is 3.02. The quantitative estimate of drug-likeness (QED) is 0.921. The number of amides is 1. The molecule has 1 N–H and O–H groups in total. The Labute approximate surface area is 151 Å². The lowest BCUT2D eigenvalue weighted by molar-refractivity contribution is -0.134. The van der Waals surface area contributed by atoms with Crippen LogP contribution in [0.5, 0.6) is 0 Å². The summed E-state index contributed by atoms with van der Waals surface area (Å²) in [6.07, 6.45) is 5.67. The molecule has 1 aromatic heterocycles. The predicted octanol–water partition coefficient (Wildman–Crippen LogP) is 2.33. The first-order chi connectivity index (χ1) is 12.6. The van der Waals surface area contributed by atoms with Crippen LogP contribution < -0.4 is 0 Å². The molecule has 1 saturated carbocycles. The summed E-state index contributed by atoms with van der Waals surface area (Å²) in [6, 6.07) is 8.69. The molecule has 6 heteroatoms. The number of carbonyl (C=O) groups excluding carboxylic acids is 1. The van der Waals surface area contributed by atoms with Crippen LogP contribution in [0.15, 0.2) is 36.7 Å². The van der Waals surface area contributed by atoms with Gasteiger partial charge >= 0.3 is 5.97 Å². The molecule has 3 aliphatic rings. The first kappa shape index (κ1) is 15.6. The largest absolute Gasteiger partial charge is 0.478 e. The Morgan fingerprint density at radius 2 is 1.92 bits per heavy atom. The maximum atomic E-state index is 12.9. The Morgan fingerprint density at radius 1 is 1.15 bits per heavy atom. The van der Waals surface area contributed by atoms with Crippen LogP contribution >= 0.6 is 0 Å². The number of carbonyl (C=O) groups is 2. The van der Waals surface area contributed by atoms with Crippen molar-refractivity contribution >= 4 is 11.9 Å². The van der Waals surface area contributed by atoms with E-state index in [4.69, 9.17) is 5.11 Å².